The lowest BCUT2D eigenvalue weighted by atomic mass is 10.0. The number of hydrogen-bond donors (Lipinski definition) is 1. The molecule has 0 saturated carbocycles. The van der Waals surface area contributed by atoms with Gasteiger partial charge in [-0.05, 0) is 50.5 Å². The topological polar surface area (TPSA) is 58.6 Å². The van der Waals surface area contributed by atoms with E-state index in [-0.39, 0.29) is 6.10 Å². The summed E-state index contributed by atoms with van der Waals surface area (Å²) in [6.45, 7) is 5.58. The summed E-state index contributed by atoms with van der Waals surface area (Å²) in [5.41, 5.74) is 2.13. The second kappa shape index (κ2) is 6.77. The molecule has 0 radical (unpaired) electrons. The third-order valence-corrected chi connectivity index (χ3v) is 5.43. The van der Waals surface area contributed by atoms with E-state index in [1.54, 1.807) is 19.2 Å². The molecule has 0 fully saturated rings. The molecule has 118 valence electrons. The zero-order valence-corrected chi connectivity index (χ0v) is 13.7. The van der Waals surface area contributed by atoms with Crippen molar-refractivity contribution < 1.29 is 13.2 Å². The van der Waals surface area contributed by atoms with Crippen molar-refractivity contribution in [3.05, 3.63) is 23.8 Å². The number of aryl methyl sites for hydroxylation is 1. The van der Waals surface area contributed by atoms with Gasteiger partial charge in [0.2, 0.25) is 10.0 Å². The van der Waals surface area contributed by atoms with E-state index < -0.39 is 10.0 Å². The summed E-state index contributed by atoms with van der Waals surface area (Å²) in [6.07, 6.45) is 2.07. The monoisotopic (exact) mass is 312 g/mol. The number of nitrogens with zero attached hydrogens (tertiary/aromatic N) is 1. The minimum atomic E-state index is -3.44. The van der Waals surface area contributed by atoms with E-state index in [0.29, 0.717) is 18.0 Å². The highest BCUT2D eigenvalue weighted by Gasteiger charge is 2.22. The van der Waals surface area contributed by atoms with Crippen LogP contribution in [0.25, 0.3) is 0 Å². The number of hydrogen-bond acceptors (Lipinski definition) is 4. The van der Waals surface area contributed by atoms with Gasteiger partial charge in [-0.3, -0.25) is 0 Å². The van der Waals surface area contributed by atoms with Gasteiger partial charge in [0.05, 0.1) is 17.6 Å². The summed E-state index contributed by atoms with van der Waals surface area (Å²) in [5.74, 6) is 0. The first-order valence-electron chi connectivity index (χ1n) is 7.36. The quantitative estimate of drug-likeness (QED) is 0.874. The average molecular weight is 312 g/mol. The molecule has 0 amide bonds. The fourth-order valence-corrected chi connectivity index (χ4v) is 3.53. The van der Waals surface area contributed by atoms with Crippen molar-refractivity contribution in [2.75, 3.05) is 32.1 Å². The van der Waals surface area contributed by atoms with E-state index in [9.17, 15) is 8.42 Å². The van der Waals surface area contributed by atoms with Crippen LogP contribution in [0.2, 0.25) is 0 Å². The minimum absolute atomic E-state index is 0.107. The maximum Gasteiger partial charge on any atom is 0.242 e. The van der Waals surface area contributed by atoms with Crippen LogP contribution < -0.4 is 5.32 Å². The molecule has 1 aliphatic heterocycles. The second-order valence-electron chi connectivity index (χ2n) is 5.60. The fraction of sp³-hybridized carbons (Fsp3) is 0.600. The van der Waals surface area contributed by atoms with Gasteiger partial charge in [-0.1, -0.05) is 0 Å². The smallest absolute Gasteiger partial charge is 0.242 e. The third-order valence-electron chi connectivity index (χ3n) is 3.58. The summed E-state index contributed by atoms with van der Waals surface area (Å²) >= 11 is 0. The molecule has 0 aromatic heterocycles. The van der Waals surface area contributed by atoms with Gasteiger partial charge in [-0.25, -0.2) is 8.42 Å². The van der Waals surface area contributed by atoms with E-state index in [1.807, 2.05) is 19.9 Å². The first-order chi connectivity index (χ1) is 9.91. The SMILES string of the molecule is CC(C)OCCN(C)S(=O)(=O)c1ccc2c(c1)CCCN2. The van der Waals surface area contributed by atoms with Gasteiger partial charge in [0.15, 0.2) is 0 Å². The van der Waals surface area contributed by atoms with E-state index in [1.165, 1.54) is 4.31 Å². The molecule has 1 aromatic rings. The number of rotatable bonds is 6. The van der Waals surface area contributed by atoms with E-state index in [2.05, 4.69) is 5.32 Å². The lowest BCUT2D eigenvalue weighted by Crippen LogP contribution is -2.31. The number of sulfonamides is 1. The van der Waals surface area contributed by atoms with Gasteiger partial charge < -0.3 is 10.1 Å². The molecule has 0 atom stereocenters. The number of likely N-dealkylation sites (N-methyl/N-ethyl adjacent to an activating group) is 1. The highest BCUT2D eigenvalue weighted by Crippen LogP contribution is 2.26. The Morgan fingerprint density at radius 1 is 1.38 bits per heavy atom. The van der Waals surface area contributed by atoms with Crippen molar-refractivity contribution in [1.82, 2.24) is 4.31 Å². The Morgan fingerprint density at radius 2 is 2.14 bits per heavy atom. The first kappa shape index (κ1) is 16.3. The van der Waals surface area contributed by atoms with Gasteiger partial charge in [0, 0.05) is 25.8 Å². The van der Waals surface area contributed by atoms with E-state index in [4.69, 9.17) is 4.74 Å². The Hall–Kier alpha value is -1.11. The zero-order valence-electron chi connectivity index (χ0n) is 12.9. The summed E-state index contributed by atoms with van der Waals surface area (Å²) in [6, 6.07) is 5.32. The van der Waals surface area contributed by atoms with Crippen LogP contribution in [-0.2, 0) is 21.2 Å². The molecule has 21 heavy (non-hydrogen) atoms. The zero-order chi connectivity index (χ0) is 15.5. The molecule has 0 spiro atoms. The Morgan fingerprint density at radius 3 is 2.86 bits per heavy atom. The Bertz CT molecular complexity index is 585. The molecular weight excluding hydrogens is 288 g/mol. The van der Waals surface area contributed by atoms with Crippen molar-refractivity contribution in [2.24, 2.45) is 0 Å². The molecule has 2 rings (SSSR count). The normalized spacial score (nSPS) is 15.1. The molecule has 1 aromatic carbocycles. The van der Waals surface area contributed by atoms with Crippen LogP contribution in [0.5, 0.6) is 0 Å². The number of benzene rings is 1. The predicted octanol–water partition coefficient (Wildman–Crippen LogP) is 2.09. The Labute approximate surface area is 127 Å². The van der Waals surface area contributed by atoms with Crippen LogP contribution in [0.1, 0.15) is 25.8 Å². The summed E-state index contributed by atoms with van der Waals surface area (Å²) in [5, 5.41) is 3.29. The Kier molecular flexibility index (Phi) is 5.24. The predicted molar refractivity (Wildman–Crippen MR) is 84.2 cm³/mol. The van der Waals surface area contributed by atoms with Crippen LogP contribution in [-0.4, -0.2) is 45.6 Å². The van der Waals surface area contributed by atoms with Gasteiger partial charge in [0.1, 0.15) is 0 Å². The highest BCUT2D eigenvalue weighted by atomic mass is 32.2. The van der Waals surface area contributed by atoms with Gasteiger partial charge in [0.25, 0.3) is 0 Å². The largest absolute Gasteiger partial charge is 0.385 e. The van der Waals surface area contributed by atoms with Crippen LogP contribution in [0.4, 0.5) is 5.69 Å². The van der Waals surface area contributed by atoms with Gasteiger partial charge >= 0.3 is 0 Å². The maximum absolute atomic E-state index is 12.5. The summed E-state index contributed by atoms with van der Waals surface area (Å²) in [7, 11) is -1.85. The molecule has 1 N–H and O–H groups in total. The van der Waals surface area contributed by atoms with Crippen molar-refractivity contribution in [3.8, 4) is 0 Å². The first-order valence-corrected chi connectivity index (χ1v) is 8.80. The molecule has 6 heteroatoms. The van der Waals surface area contributed by atoms with Crippen LogP contribution in [0.3, 0.4) is 0 Å². The van der Waals surface area contributed by atoms with E-state index >= 15 is 0 Å². The standard InChI is InChI=1S/C15H24N2O3S/c1-12(2)20-10-9-17(3)21(18,19)14-6-7-15-13(11-14)5-4-8-16-15/h6-7,11-12,16H,4-5,8-10H2,1-3H3. The summed E-state index contributed by atoms with van der Waals surface area (Å²) in [4.78, 5) is 0.358. The second-order valence-corrected chi connectivity index (χ2v) is 7.64. The van der Waals surface area contributed by atoms with Crippen molar-refractivity contribution in [3.63, 3.8) is 0 Å². The fourth-order valence-electron chi connectivity index (χ4n) is 2.33. The lowest BCUT2D eigenvalue weighted by molar-refractivity contribution is 0.0737. The molecule has 0 bridgehead atoms. The van der Waals surface area contributed by atoms with E-state index in [0.717, 1.165) is 30.6 Å². The van der Waals surface area contributed by atoms with Crippen molar-refractivity contribution in [2.45, 2.75) is 37.7 Å². The van der Waals surface area contributed by atoms with Crippen molar-refractivity contribution in [1.29, 1.82) is 0 Å². The highest BCUT2D eigenvalue weighted by molar-refractivity contribution is 7.89. The van der Waals surface area contributed by atoms with Crippen LogP contribution in [0.15, 0.2) is 23.1 Å². The summed E-state index contributed by atoms with van der Waals surface area (Å²) < 4.78 is 31.9. The maximum atomic E-state index is 12.5. The van der Waals surface area contributed by atoms with Crippen LogP contribution in [0, 0.1) is 0 Å². The molecule has 0 aliphatic carbocycles. The number of anilines is 1. The molecule has 1 heterocycles. The average Bonchev–Trinajstić information content (AvgIpc) is 2.46. The Balaban J connectivity index is 2.11. The molecule has 5 nitrogen and oxygen atoms in total. The molecule has 1 aliphatic rings. The van der Waals surface area contributed by atoms with Gasteiger partial charge in [-0.2, -0.15) is 4.31 Å². The number of fused-ring (bicyclic) bond motifs is 1. The minimum Gasteiger partial charge on any atom is -0.385 e. The van der Waals surface area contributed by atoms with Crippen molar-refractivity contribution >= 4 is 15.7 Å². The molecule has 0 saturated heterocycles. The molecular formula is C15H24N2O3S. The molecule has 0 unspecified atom stereocenters. The number of ether oxygens (including phenoxy) is 1. The third kappa shape index (κ3) is 3.96. The van der Waals surface area contributed by atoms with Crippen LogP contribution >= 0.6 is 0 Å². The number of nitrogens with one attached hydrogen (secondary N) is 1. The lowest BCUT2D eigenvalue weighted by Gasteiger charge is -2.21. The van der Waals surface area contributed by atoms with Gasteiger partial charge in [-0.15, -0.1) is 0 Å².